The standard InChI is InChI=1S/C15H14ClN3O3S/c16-14-7-6-11(8-17-14)10-23(21,22)18-13-9-19(15(13)20)12-4-2-1-3-5-12/h1-8,13,18H,9-10H2. The van der Waals surface area contributed by atoms with Crippen LogP contribution in [0.4, 0.5) is 5.69 Å². The number of amides is 1. The molecule has 0 saturated carbocycles. The number of hydrogen-bond acceptors (Lipinski definition) is 4. The van der Waals surface area contributed by atoms with E-state index in [1.807, 2.05) is 30.3 Å². The van der Waals surface area contributed by atoms with Gasteiger partial charge in [0.15, 0.2) is 0 Å². The zero-order valence-electron chi connectivity index (χ0n) is 12.0. The van der Waals surface area contributed by atoms with Crippen molar-refractivity contribution in [3.05, 3.63) is 59.4 Å². The smallest absolute Gasteiger partial charge is 0.247 e. The van der Waals surface area contributed by atoms with Gasteiger partial charge in [0.1, 0.15) is 11.2 Å². The van der Waals surface area contributed by atoms with E-state index in [1.165, 1.54) is 17.2 Å². The highest BCUT2D eigenvalue weighted by molar-refractivity contribution is 7.88. The van der Waals surface area contributed by atoms with Crippen LogP contribution in [0.5, 0.6) is 0 Å². The first-order valence-electron chi connectivity index (χ1n) is 6.91. The van der Waals surface area contributed by atoms with Crippen molar-refractivity contribution in [2.45, 2.75) is 11.8 Å². The molecular weight excluding hydrogens is 338 g/mol. The number of β-lactam (4-membered cyclic amide) rings is 1. The number of carbonyl (C=O) groups excluding carboxylic acids is 1. The summed E-state index contributed by atoms with van der Waals surface area (Å²) < 4.78 is 26.7. The van der Waals surface area contributed by atoms with Crippen molar-refractivity contribution >= 4 is 33.2 Å². The van der Waals surface area contributed by atoms with E-state index >= 15 is 0 Å². The van der Waals surface area contributed by atoms with Crippen LogP contribution in [-0.2, 0) is 20.6 Å². The van der Waals surface area contributed by atoms with E-state index in [9.17, 15) is 13.2 Å². The number of carbonyl (C=O) groups is 1. The van der Waals surface area contributed by atoms with Crippen LogP contribution in [0.1, 0.15) is 5.56 Å². The molecule has 1 saturated heterocycles. The molecule has 1 aliphatic heterocycles. The number of anilines is 1. The molecule has 0 radical (unpaired) electrons. The fraction of sp³-hybridized carbons (Fsp3) is 0.200. The summed E-state index contributed by atoms with van der Waals surface area (Å²) >= 11 is 5.67. The minimum Gasteiger partial charge on any atom is -0.309 e. The number of benzene rings is 1. The molecule has 6 nitrogen and oxygen atoms in total. The van der Waals surface area contributed by atoms with Gasteiger partial charge in [-0.25, -0.2) is 18.1 Å². The molecule has 1 fully saturated rings. The molecule has 1 unspecified atom stereocenters. The fourth-order valence-corrected chi connectivity index (χ4v) is 3.74. The Hall–Kier alpha value is -1.96. The number of aromatic nitrogens is 1. The third kappa shape index (κ3) is 3.69. The highest BCUT2D eigenvalue weighted by atomic mass is 35.5. The molecule has 0 spiro atoms. The molecule has 1 aromatic carbocycles. The van der Waals surface area contributed by atoms with Crippen molar-refractivity contribution in [3.63, 3.8) is 0 Å². The Kier molecular flexibility index (Phi) is 4.34. The van der Waals surface area contributed by atoms with E-state index in [4.69, 9.17) is 11.6 Å². The van der Waals surface area contributed by atoms with Crippen LogP contribution in [0.15, 0.2) is 48.7 Å². The molecular formula is C15H14ClN3O3S. The molecule has 23 heavy (non-hydrogen) atoms. The average molecular weight is 352 g/mol. The van der Waals surface area contributed by atoms with E-state index in [2.05, 4.69) is 9.71 Å². The van der Waals surface area contributed by atoms with E-state index in [0.29, 0.717) is 17.3 Å². The van der Waals surface area contributed by atoms with Gasteiger partial charge in [0.25, 0.3) is 0 Å². The number of nitrogens with one attached hydrogen (secondary N) is 1. The Morgan fingerprint density at radius 2 is 1.96 bits per heavy atom. The van der Waals surface area contributed by atoms with Crippen LogP contribution < -0.4 is 9.62 Å². The average Bonchev–Trinajstić information content (AvgIpc) is 2.53. The van der Waals surface area contributed by atoms with Gasteiger partial charge in [-0.2, -0.15) is 0 Å². The second-order valence-corrected chi connectivity index (χ2v) is 7.34. The van der Waals surface area contributed by atoms with Gasteiger partial charge in [0, 0.05) is 11.9 Å². The van der Waals surface area contributed by atoms with Gasteiger partial charge in [-0.1, -0.05) is 35.9 Å². The number of para-hydroxylation sites is 1. The van der Waals surface area contributed by atoms with Crippen molar-refractivity contribution in [2.24, 2.45) is 0 Å². The van der Waals surface area contributed by atoms with Crippen LogP contribution in [0.25, 0.3) is 0 Å². The predicted molar refractivity (Wildman–Crippen MR) is 87.6 cm³/mol. The third-order valence-corrected chi connectivity index (χ3v) is 5.04. The van der Waals surface area contributed by atoms with Gasteiger partial charge in [-0.15, -0.1) is 0 Å². The Labute approximate surface area is 139 Å². The molecule has 0 aliphatic carbocycles. The lowest BCUT2D eigenvalue weighted by atomic mass is 10.1. The van der Waals surface area contributed by atoms with Crippen molar-refractivity contribution in [1.29, 1.82) is 0 Å². The molecule has 8 heteroatoms. The Balaban J connectivity index is 1.61. The number of nitrogens with zero attached hydrogens (tertiary/aromatic N) is 2. The second-order valence-electron chi connectivity index (χ2n) is 5.20. The minimum absolute atomic E-state index is 0.244. The van der Waals surface area contributed by atoms with Crippen LogP contribution in [0.3, 0.4) is 0 Å². The van der Waals surface area contributed by atoms with Crippen molar-refractivity contribution in [1.82, 2.24) is 9.71 Å². The van der Waals surface area contributed by atoms with Crippen molar-refractivity contribution in [2.75, 3.05) is 11.4 Å². The van der Waals surface area contributed by atoms with Crippen LogP contribution in [0, 0.1) is 0 Å². The molecule has 0 bridgehead atoms. The summed E-state index contributed by atoms with van der Waals surface area (Å²) in [7, 11) is -3.63. The van der Waals surface area contributed by atoms with Crippen molar-refractivity contribution < 1.29 is 13.2 Å². The Morgan fingerprint density at radius 3 is 2.57 bits per heavy atom. The van der Waals surface area contributed by atoms with Gasteiger partial charge in [-0.05, 0) is 23.8 Å². The third-order valence-electron chi connectivity index (χ3n) is 3.46. The maximum absolute atomic E-state index is 12.1. The van der Waals surface area contributed by atoms with Gasteiger partial charge in [0.05, 0.1) is 12.3 Å². The van der Waals surface area contributed by atoms with Gasteiger partial charge in [0.2, 0.25) is 15.9 Å². The lowest BCUT2D eigenvalue weighted by Gasteiger charge is -2.38. The number of rotatable bonds is 5. The first-order valence-corrected chi connectivity index (χ1v) is 8.94. The number of sulfonamides is 1. The second kappa shape index (κ2) is 6.27. The zero-order valence-corrected chi connectivity index (χ0v) is 13.6. The lowest BCUT2D eigenvalue weighted by Crippen LogP contribution is -2.64. The topological polar surface area (TPSA) is 79.4 Å². The van der Waals surface area contributed by atoms with Gasteiger partial charge < -0.3 is 4.90 Å². The zero-order chi connectivity index (χ0) is 16.4. The summed E-state index contributed by atoms with van der Waals surface area (Å²) in [6.45, 7) is 0.320. The van der Waals surface area contributed by atoms with Gasteiger partial charge in [-0.3, -0.25) is 4.79 Å². The van der Waals surface area contributed by atoms with E-state index in [-0.39, 0.29) is 11.7 Å². The summed E-state index contributed by atoms with van der Waals surface area (Å²) in [5.74, 6) is -0.499. The molecule has 1 aliphatic rings. The molecule has 2 heterocycles. The predicted octanol–water partition coefficient (Wildman–Crippen LogP) is 1.57. The summed E-state index contributed by atoms with van der Waals surface area (Å²) in [5.41, 5.74) is 1.27. The monoisotopic (exact) mass is 351 g/mol. The maximum atomic E-state index is 12.1. The summed E-state index contributed by atoms with van der Waals surface area (Å²) in [5, 5.41) is 0.298. The first kappa shape index (κ1) is 15.9. The van der Waals surface area contributed by atoms with Crippen LogP contribution in [-0.4, -0.2) is 31.9 Å². The largest absolute Gasteiger partial charge is 0.309 e. The van der Waals surface area contributed by atoms with Crippen LogP contribution in [0.2, 0.25) is 5.15 Å². The summed E-state index contributed by atoms with van der Waals surface area (Å²) in [4.78, 5) is 17.5. The van der Waals surface area contributed by atoms with Gasteiger partial charge >= 0.3 is 0 Å². The molecule has 1 amide bonds. The highest BCUT2D eigenvalue weighted by Gasteiger charge is 2.39. The van der Waals surface area contributed by atoms with Crippen molar-refractivity contribution in [3.8, 4) is 0 Å². The fourth-order valence-electron chi connectivity index (χ4n) is 2.32. The molecule has 1 N–H and O–H groups in total. The molecule has 120 valence electrons. The normalized spacial score (nSPS) is 17.9. The Morgan fingerprint density at radius 1 is 1.22 bits per heavy atom. The number of halogens is 1. The number of pyridine rings is 1. The minimum atomic E-state index is -3.63. The molecule has 3 rings (SSSR count). The lowest BCUT2D eigenvalue weighted by molar-refractivity contribution is -0.124. The maximum Gasteiger partial charge on any atom is 0.247 e. The molecule has 1 aromatic heterocycles. The highest BCUT2D eigenvalue weighted by Crippen LogP contribution is 2.22. The molecule has 1 atom stereocenters. The Bertz CT molecular complexity index is 810. The quantitative estimate of drug-likeness (QED) is 0.655. The van der Waals surface area contributed by atoms with Crippen LogP contribution >= 0.6 is 11.6 Å². The molecule has 2 aromatic rings. The summed E-state index contributed by atoms with van der Waals surface area (Å²) in [6, 6.07) is 11.5. The first-order chi connectivity index (χ1) is 10.9. The van der Waals surface area contributed by atoms with E-state index < -0.39 is 16.1 Å². The number of hydrogen-bond donors (Lipinski definition) is 1. The SMILES string of the molecule is O=C1C(NS(=O)(=O)Cc2ccc(Cl)nc2)CN1c1ccccc1. The van der Waals surface area contributed by atoms with E-state index in [1.54, 1.807) is 6.07 Å². The van der Waals surface area contributed by atoms with E-state index in [0.717, 1.165) is 5.69 Å². The summed E-state index contributed by atoms with van der Waals surface area (Å²) in [6.07, 6.45) is 1.40.